The van der Waals surface area contributed by atoms with Crippen molar-refractivity contribution in [1.29, 1.82) is 0 Å². The van der Waals surface area contributed by atoms with Gasteiger partial charge in [-0.05, 0) is 51.6 Å². The molecular formula is C44H84N2O5. The summed E-state index contributed by atoms with van der Waals surface area (Å²) in [7, 11) is 0. The number of likely N-dealkylation sites (tertiary alicyclic amines) is 1. The predicted molar refractivity (Wildman–Crippen MR) is 214 cm³/mol. The van der Waals surface area contributed by atoms with E-state index < -0.39 is 0 Å². The molecule has 0 radical (unpaired) electrons. The second-order valence-electron chi connectivity index (χ2n) is 15.6. The molecule has 2 unspecified atom stereocenters. The number of carbonyl (C=O) groups is 3. The van der Waals surface area contributed by atoms with E-state index in [1.807, 2.05) is 0 Å². The van der Waals surface area contributed by atoms with Gasteiger partial charge in [-0.3, -0.25) is 14.4 Å². The van der Waals surface area contributed by atoms with Crippen molar-refractivity contribution in [2.45, 2.75) is 207 Å². The smallest absolute Gasteiger partial charge is 0.308 e. The van der Waals surface area contributed by atoms with Crippen molar-refractivity contribution in [1.82, 2.24) is 9.80 Å². The van der Waals surface area contributed by atoms with E-state index in [0.29, 0.717) is 19.5 Å². The lowest BCUT2D eigenvalue weighted by Gasteiger charge is -2.28. The predicted octanol–water partition coefficient (Wildman–Crippen LogP) is 11.5. The Hall–Kier alpha value is -1.63. The van der Waals surface area contributed by atoms with Crippen LogP contribution in [-0.2, 0) is 23.9 Å². The van der Waals surface area contributed by atoms with Crippen molar-refractivity contribution < 1.29 is 23.9 Å². The van der Waals surface area contributed by atoms with Crippen LogP contribution in [0, 0.1) is 11.8 Å². The van der Waals surface area contributed by atoms with Crippen LogP contribution in [0.3, 0.4) is 0 Å². The van der Waals surface area contributed by atoms with E-state index in [-0.39, 0.29) is 42.9 Å². The minimum atomic E-state index is -0.104. The number of piperidine rings is 1. The Kier molecular flexibility index (Phi) is 31.7. The van der Waals surface area contributed by atoms with Gasteiger partial charge in [0.05, 0.1) is 24.9 Å². The van der Waals surface area contributed by atoms with Gasteiger partial charge in [0.25, 0.3) is 0 Å². The molecule has 300 valence electrons. The van der Waals surface area contributed by atoms with Crippen LogP contribution in [-0.4, -0.2) is 73.6 Å². The number of hydrogen-bond donors (Lipinski definition) is 0. The Morgan fingerprint density at radius 2 is 0.863 bits per heavy atom. The maximum Gasteiger partial charge on any atom is 0.308 e. The minimum Gasteiger partial charge on any atom is -0.464 e. The molecule has 0 N–H and O–H groups in total. The standard InChI is InChI=1S/C44H84N2O5/c1-5-9-13-17-19-24-30-40(28-22-15-11-7-3)43(48)50-38-36-46(42(47)32-35-45-33-26-21-27-34-45)37-39-51-44(49)41(29-23-16-12-8-4)31-25-20-18-14-10-6-2/h40-41H,5-39H2,1-4H3. The molecule has 1 amide bonds. The highest BCUT2D eigenvalue weighted by Crippen LogP contribution is 2.22. The van der Waals surface area contributed by atoms with Crippen LogP contribution in [0.5, 0.6) is 0 Å². The SMILES string of the molecule is CCCCCCCCC(CCCCCC)C(=O)OCCN(CCOC(=O)C(CCCCCC)CCCCCCCC)C(=O)CCN1CCCCC1. The molecule has 1 heterocycles. The summed E-state index contributed by atoms with van der Waals surface area (Å²) in [6.07, 6.45) is 31.5. The van der Waals surface area contributed by atoms with Crippen molar-refractivity contribution >= 4 is 17.8 Å². The van der Waals surface area contributed by atoms with Gasteiger partial charge in [0, 0.05) is 13.0 Å². The first-order valence-corrected chi connectivity index (χ1v) is 22.3. The Balaban J connectivity index is 2.75. The van der Waals surface area contributed by atoms with E-state index in [1.165, 1.54) is 109 Å². The lowest BCUT2D eigenvalue weighted by atomic mass is 9.94. The maximum atomic E-state index is 13.5. The first-order chi connectivity index (χ1) is 25.0. The van der Waals surface area contributed by atoms with Gasteiger partial charge in [0.1, 0.15) is 13.2 Å². The summed E-state index contributed by atoms with van der Waals surface area (Å²) in [4.78, 5) is 44.3. The van der Waals surface area contributed by atoms with Crippen molar-refractivity contribution in [3.05, 3.63) is 0 Å². The summed E-state index contributed by atoms with van der Waals surface area (Å²) in [6, 6.07) is 0. The van der Waals surface area contributed by atoms with E-state index in [9.17, 15) is 14.4 Å². The Labute approximate surface area is 316 Å². The van der Waals surface area contributed by atoms with Crippen LogP contribution < -0.4 is 0 Å². The Bertz CT molecular complexity index is 780. The topological polar surface area (TPSA) is 76.1 Å². The first kappa shape index (κ1) is 47.4. The number of nitrogens with zero attached hydrogens (tertiary/aromatic N) is 2. The molecule has 0 aliphatic carbocycles. The van der Waals surface area contributed by atoms with Crippen molar-refractivity contribution in [3.63, 3.8) is 0 Å². The molecule has 1 aliphatic heterocycles. The van der Waals surface area contributed by atoms with Gasteiger partial charge in [0.2, 0.25) is 5.91 Å². The lowest BCUT2D eigenvalue weighted by Crippen LogP contribution is -2.40. The molecule has 1 rings (SSSR count). The quantitative estimate of drug-likeness (QED) is 0.0479. The fourth-order valence-corrected chi connectivity index (χ4v) is 7.44. The molecule has 1 saturated heterocycles. The molecular weight excluding hydrogens is 636 g/mol. The molecule has 0 saturated carbocycles. The maximum absolute atomic E-state index is 13.5. The molecule has 51 heavy (non-hydrogen) atoms. The second kappa shape index (κ2) is 34.2. The van der Waals surface area contributed by atoms with E-state index in [4.69, 9.17) is 9.47 Å². The van der Waals surface area contributed by atoms with Crippen LogP contribution in [0.2, 0.25) is 0 Å². The van der Waals surface area contributed by atoms with E-state index in [2.05, 4.69) is 32.6 Å². The normalized spacial score (nSPS) is 14.7. The molecule has 1 aliphatic rings. The summed E-state index contributed by atoms with van der Waals surface area (Å²) < 4.78 is 11.8. The number of esters is 2. The lowest BCUT2D eigenvalue weighted by molar-refractivity contribution is -0.152. The largest absolute Gasteiger partial charge is 0.464 e. The Morgan fingerprint density at radius 1 is 0.510 bits per heavy atom. The zero-order valence-corrected chi connectivity index (χ0v) is 34.3. The summed E-state index contributed by atoms with van der Waals surface area (Å²) >= 11 is 0. The number of rotatable bonds is 35. The molecule has 0 spiro atoms. The number of hydrogen-bond acceptors (Lipinski definition) is 6. The van der Waals surface area contributed by atoms with Crippen molar-refractivity contribution in [2.75, 3.05) is 45.9 Å². The fourth-order valence-electron chi connectivity index (χ4n) is 7.44. The van der Waals surface area contributed by atoms with Gasteiger partial charge in [-0.1, -0.05) is 163 Å². The fraction of sp³-hybridized carbons (Fsp3) is 0.932. The van der Waals surface area contributed by atoms with Gasteiger partial charge in [-0.25, -0.2) is 0 Å². The number of amides is 1. The average molecular weight is 721 g/mol. The van der Waals surface area contributed by atoms with Crippen molar-refractivity contribution in [3.8, 4) is 0 Å². The van der Waals surface area contributed by atoms with Crippen LogP contribution in [0.25, 0.3) is 0 Å². The highest BCUT2D eigenvalue weighted by atomic mass is 16.5. The molecule has 7 heteroatoms. The highest BCUT2D eigenvalue weighted by molar-refractivity contribution is 5.77. The van der Waals surface area contributed by atoms with E-state index in [0.717, 1.165) is 83.8 Å². The third-order valence-corrected chi connectivity index (χ3v) is 10.9. The van der Waals surface area contributed by atoms with Gasteiger partial charge >= 0.3 is 11.9 Å². The van der Waals surface area contributed by atoms with Crippen LogP contribution in [0.15, 0.2) is 0 Å². The average Bonchev–Trinajstić information content (AvgIpc) is 3.14. The third-order valence-electron chi connectivity index (χ3n) is 10.9. The third kappa shape index (κ3) is 25.9. The van der Waals surface area contributed by atoms with Crippen molar-refractivity contribution in [2.24, 2.45) is 11.8 Å². The zero-order valence-electron chi connectivity index (χ0n) is 34.3. The molecule has 2 atom stereocenters. The van der Waals surface area contributed by atoms with Gasteiger partial charge < -0.3 is 19.3 Å². The molecule has 7 nitrogen and oxygen atoms in total. The number of ether oxygens (including phenoxy) is 2. The van der Waals surface area contributed by atoms with Gasteiger partial charge in [-0.2, -0.15) is 0 Å². The highest BCUT2D eigenvalue weighted by Gasteiger charge is 2.23. The van der Waals surface area contributed by atoms with Gasteiger partial charge in [0.15, 0.2) is 0 Å². The molecule has 1 fully saturated rings. The molecule has 0 aromatic carbocycles. The summed E-state index contributed by atoms with van der Waals surface area (Å²) in [5.74, 6) is -0.268. The van der Waals surface area contributed by atoms with Crippen LogP contribution in [0.4, 0.5) is 0 Å². The van der Waals surface area contributed by atoms with Crippen LogP contribution >= 0.6 is 0 Å². The van der Waals surface area contributed by atoms with E-state index in [1.54, 1.807) is 4.90 Å². The summed E-state index contributed by atoms with van der Waals surface area (Å²) in [5, 5.41) is 0. The van der Waals surface area contributed by atoms with Crippen LogP contribution in [0.1, 0.15) is 207 Å². The monoisotopic (exact) mass is 721 g/mol. The second-order valence-corrected chi connectivity index (χ2v) is 15.6. The van der Waals surface area contributed by atoms with E-state index >= 15 is 0 Å². The summed E-state index contributed by atoms with van der Waals surface area (Å²) in [6.45, 7) is 12.9. The summed E-state index contributed by atoms with van der Waals surface area (Å²) in [5.41, 5.74) is 0. The zero-order chi connectivity index (χ0) is 37.2. The van der Waals surface area contributed by atoms with Gasteiger partial charge in [-0.15, -0.1) is 0 Å². The Morgan fingerprint density at radius 3 is 1.25 bits per heavy atom. The molecule has 0 aromatic rings. The number of carbonyl (C=O) groups excluding carboxylic acids is 3. The first-order valence-electron chi connectivity index (χ1n) is 22.3. The minimum absolute atomic E-state index is 0.0547. The molecule has 0 aromatic heterocycles. The number of unbranched alkanes of at least 4 members (excludes halogenated alkanes) is 16. The molecule has 0 bridgehead atoms.